The van der Waals surface area contributed by atoms with E-state index in [4.69, 9.17) is 0 Å². The van der Waals surface area contributed by atoms with Gasteiger partial charge in [0.05, 0.1) is 13.1 Å². The van der Waals surface area contributed by atoms with Crippen molar-refractivity contribution in [3.63, 3.8) is 0 Å². The number of nitrogens with one attached hydrogen (secondary N) is 2. The number of aliphatic imine (C=N–C) groups is 1. The molecule has 1 heterocycles. The molecule has 0 aromatic rings. The molecule has 25 heavy (non-hydrogen) atoms. The Morgan fingerprint density at radius 1 is 1.28 bits per heavy atom. The van der Waals surface area contributed by atoms with Gasteiger partial charge in [0.15, 0.2) is 5.96 Å². The molecule has 0 radical (unpaired) electrons. The molecule has 1 rings (SSSR count). The van der Waals surface area contributed by atoms with Gasteiger partial charge in [0, 0.05) is 38.8 Å². The van der Waals surface area contributed by atoms with Crippen LogP contribution in [0.4, 0.5) is 13.2 Å². The number of guanidine groups is 1. The topological polar surface area (TPSA) is 42.9 Å². The first-order chi connectivity index (χ1) is 11.7. The molecule has 0 aromatic carbocycles. The summed E-state index contributed by atoms with van der Waals surface area (Å²) in [5.74, 6) is 1.38. The summed E-state index contributed by atoms with van der Waals surface area (Å²) in [6.45, 7) is 10.2. The predicted octanol–water partition coefficient (Wildman–Crippen LogP) is 2.16. The zero-order valence-electron chi connectivity index (χ0n) is 16.0. The number of likely N-dealkylation sites (tertiary alicyclic amines) is 1. The van der Waals surface area contributed by atoms with Crippen molar-refractivity contribution in [3.8, 4) is 0 Å². The van der Waals surface area contributed by atoms with Crippen LogP contribution in [0.15, 0.2) is 4.99 Å². The Morgan fingerprint density at radius 3 is 2.44 bits per heavy atom. The first kappa shape index (κ1) is 22.0. The minimum atomic E-state index is -4.16. The SMILES string of the molecule is CCNC(=NCCN(C)CC(F)(F)F)NC1CCN(CC(C)C)CC1. The Morgan fingerprint density at radius 2 is 1.92 bits per heavy atom. The lowest BCUT2D eigenvalue weighted by Crippen LogP contribution is -2.49. The van der Waals surface area contributed by atoms with E-state index in [0.717, 1.165) is 39.0 Å². The summed E-state index contributed by atoms with van der Waals surface area (Å²) in [6.07, 6.45) is -2.04. The first-order valence-corrected chi connectivity index (χ1v) is 9.22. The first-order valence-electron chi connectivity index (χ1n) is 9.22. The van der Waals surface area contributed by atoms with E-state index in [9.17, 15) is 13.2 Å². The quantitative estimate of drug-likeness (QED) is 0.511. The lowest BCUT2D eigenvalue weighted by atomic mass is 10.0. The van der Waals surface area contributed by atoms with E-state index in [1.165, 1.54) is 11.9 Å². The molecule has 0 aliphatic carbocycles. The molecular formula is C17H34F3N5. The molecule has 0 amide bonds. The van der Waals surface area contributed by atoms with Gasteiger partial charge in [0.25, 0.3) is 0 Å². The molecule has 8 heteroatoms. The summed E-state index contributed by atoms with van der Waals surface area (Å²) in [5, 5.41) is 6.60. The summed E-state index contributed by atoms with van der Waals surface area (Å²) in [7, 11) is 1.47. The fourth-order valence-corrected chi connectivity index (χ4v) is 3.01. The van der Waals surface area contributed by atoms with Crippen LogP contribution >= 0.6 is 0 Å². The number of hydrogen-bond acceptors (Lipinski definition) is 3. The summed E-state index contributed by atoms with van der Waals surface area (Å²) in [6, 6.07) is 0.370. The second kappa shape index (κ2) is 10.9. The molecule has 148 valence electrons. The lowest BCUT2D eigenvalue weighted by molar-refractivity contribution is -0.142. The largest absolute Gasteiger partial charge is 0.401 e. The van der Waals surface area contributed by atoms with Gasteiger partial charge in [-0.05, 0) is 32.7 Å². The van der Waals surface area contributed by atoms with Crippen molar-refractivity contribution in [1.82, 2.24) is 20.4 Å². The average molecular weight is 365 g/mol. The van der Waals surface area contributed by atoms with Crippen molar-refractivity contribution in [2.75, 3.05) is 52.9 Å². The molecule has 0 spiro atoms. The van der Waals surface area contributed by atoms with Gasteiger partial charge in [0.1, 0.15) is 0 Å². The number of alkyl halides is 3. The number of rotatable bonds is 8. The molecule has 1 aliphatic heterocycles. The molecule has 5 nitrogen and oxygen atoms in total. The average Bonchev–Trinajstić information content (AvgIpc) is 2.47. The Hall–Kier alpha value is -1.02. The van der Waals surface area contributed by atoms with Crippen molar-refractivity contribution in [1.29, 1.82) is 0 Å². The minimum absolute atomic E-state index is 0.281. The van der Waals surface area contributed by atoms with E-state index < -0.39 is 12.7 Å². The van der Waals surface area contributed by atoms with E-state index in [-0.39, 0.29) is 6.54 Å². The second-order valence-electron chi connectivity index (χ2n) is 7.23. The second-order valence-corrected chi connectivity index (χ2v) is 7.23. The van der Waals surface area contributed by atoms with Gasteiger partial charge in [-0.1, -0.05) is 13.8 Å². The Labute approximate surface area is 150 Å². The lowest BCUT2D eigenvalue weighted by Gasteiger charge is -2.34. The third kappa shape index (κ3) is 10.5. The van der Waals surface area contributed by atoms with Crippen molar-refractivity contribution in [2.24, 2.45) is 10.9 Å². The van der Waals surface area contributed by atoms with Crippen LogP contribution in [0.25, 0.3) is 0 Å². The Balaban J connectivity index is 2.38. The number of hydrogen-bond donors (Lipinski definition) is 2. The third-order valence-electron chi connectivity index (χ3n) is 4.10. The molecule has 2 N–H and O–H groups in total. The van der Waals surface area contributed by atoms with Gasteiger partial charge in [-0.2, -0.15) is 13.2 Å². The zero-order valence-corrected chi connectivity index (χ0v) is 16.0. The van der Waals surface area contributed by atoms with Crippen LogP contribution in [0.3, 0.4) is 0 Å². The van der Waals surface area contributed by atoms with Gasteiger partial charge >= 0.3 is 6.18 Å². The number of likely N-dealkylation sites (N-methyl/N-ethyl adjacent to an activating group) is 1. The van der Waals surface area contributed by atoms with Gasteiger partial charge in [0.2, 0.25) is 0 Å². The van der Waals surface area contributed by atoms with Crippen LogP contribution in [0.2, 0.25) is 0 Å². The van der Waals surface area contributed by atoms with E-state index in [1.807, 2.05) is 6.92 Å². The molecule has 0 aromatic heterocycles. The maximum Gasteiger partial charge on any atom is 0.401 e. The van der Waals surface area contributed by atoms with Gasteiger partial charge in [-0.15, -0.1) is 0 Å². The van der Waals surface area contributed by atoms with Gasteiger partial charge in [-0.3, -0.25) is 9.89 Å². The highest BCUT2D eigenvalue weighted by Crippen LogP contribution is 2.15. The van der Waals surface area contributed by atoms with Crippen molar-refractivity contribution < 1.29 is 13.2 Å². The van der Waals surface area contributed by atoms with Crippen LogP contribution in [0.1, 0.15) is 33.6 Å². The van der Waals surface area contributed by atoms with Crippen molar-refractivity contribution in [2.45, 2.75) is 45.8 Å². The summed E-state index contributed by atoms with van der Waals surface area (Å²) < 4.78 is 37.0. The summed E-state index contributed by atoms with van der Waals surface area (Å²) in [4.78, 5) is 8.15. The third-order valence-corrected chi connectivity index (χ3v) is 4.10. The highest BCUT2D eigenvalue weighted by molar-refractivity contribution is 5.80. The number of halogens is 3. The highest BCUT2D eigenvalue weighted by atomic mass is 19.4. The highest BCUT2D eigenvalue weighted by Gasteiger charge is 2.28. The Kier molecular flexibility index (Phi) is 9.56. The molecule has 0 saturated carbocycles. The van der Waals surface area contributed by atoms with Crippen LogP contribution < -0.4 is 10.6 Å². The molecule has 0 unspecified atom stereocenters. The Bertz CT molecular complexity index is 390. The number of piperidine rings is 1. The number of nitrogens with zero attached hydrogens (tertiary/aromatic N) is 3. The fraction of sp³-hybridized carbons (Fsp3) is 0.941. The fourth-order valence-electron chi connectivity index (χ4n) is 3.01. The molecule has 0 atom stereocenters. The molecule has 1 fully saturated rings. The maximum absolute atomic E-state index is 12.3. The standard InChI is InChI=1S/C17H34F3N5/c1-5-21-16(22-8-11-24(4)13-17(18,19)20)23-15-6-9-25(10-7-15)12-14(2)3/h14-15H,5-13H2,1-4H3,(H2,21,22,23). The summed E-state index contributed by atoms with van der Waals surface area (Å²) in [5.41, 5.74) is 0. The monoisotopic (exact) mass is 365 g/mol. The van der Waals surface area contributed by atoms with Crippen LogP contribution in [-0.2, 0) is 0 Å². The summed E-state index contributed by atoms with van der Waals surface area (Å²) >= 11 is 0. The minimum Gasteiger partial charge on any atom is -0.357 e. The molecule has 1 aliphatic rings. The molecular weight excluding hydrogens is 331 g/mol. The smallest absolute Gasteiger partial charge is 0.357 e. The van der Waals surface area contributed by atoms with Crippen molar-refractivity contribution >= 4 is 5.96 Å². The molecule has 0 bridgehead atoms. The van der Waals surface area contributed by atoms with Crippen LogP contribution in [0.5, 0.6) is 0 Å². The van der Waals surface area contributed by atoms with E-state index >= 15 is 0 Å². The normalized spacial score (nSPS) is 18.2. The van der Waals surface area contributed by atoms with E-state index in [1.54, 1.807) is 0 Å². The maximum atomic E-state index is 12.3. The van der Waals surface area contributed by atoms with Gasteiger partial charge < -0.3 is 15.5 Å². The predicted molar refractivity (Wildman–Crippen MR) is 97.0 cm³/mol. The molecule has 1 saturated heterocycles. The van der Waals surface area contributed by atoms with Gasteiger partial charge in [-0.25, -0.2) is 0 Å². The van der Waals surface area contributed by atoms with Crippen LogP contribution in [0, 0.1) is 5.92 Å². The van der Waals surface area contributed by atoms with E-state index in [2.05, 4.69) is 34.4 Å². The zero-order chi connectivity index (χ0) is 18.9. The van der Waals surface area contributed by atoms with E-state index in [0.29, 0.717) is 24.5 Å². The van der Waals surface area contributed by atoms with Crippen LogP contribution in [-0.4, -0.2) is 80.8 Å². The van der Waals surface area contributed by atoms with Crippen molar-refractivity contribution in [3.05, 3.63) is 0 Å².